The third-order valence-electron chi connectivity index (χ3n) is 4.09. The summed E-state index contributed by atoms with van der Waals surface area (Å²) >= 11 is 5.89. The van der Waals surface area contributed by atoms with Crippen LogP contribution in [0.3, 0.4) is 0 Å². The maximum atomic E-state index is 12.6. The van der Waals surface area contributed by atoms with Crippen molar-refractivity contribution < 1.29 is 9.53 Å². The second-order valence-electron chi connectivity index (χ2n) is 6.09. The third-order valence-corrected chi connectivity index (χ3v) is 4.34. The summed E-state index contributed by atoms with van der Waals surface area (Å²) < 4.78 is 5.85. The van der Waals surface area contributed by atoms with Gasteiger partial charge in [0.15, 0.2) is 6.10 Å². The lowest BCUT2D eigenvalue weighted by atomic mass is 10.1. The smallest absolute Gasteiger partial charge is 0.263 e. The molecular formula is C21H20ClNO2. The normalized spacial score (nSPS) is 12.0. The first-order valence-corrected chi connectivity index (χ1v) is 8.55. The van der Waals surface area contributed by atoms with Gasteiger partial charge >= 0.3 is 0 Å². The molecule has 25 heavy (non-hydrogen) atoms. The van der Waals surface area contributed by atoms with E-state index in [9.17, 15) is 4.79 Å². The van der Waals surface area contributed by atoms with Gasteiger partial charge in [-0.05, 0) is 47.5 Å². The molecule has 3 aromatic rings. The van der Waals surface area contributed by atoms with Gasteiger partial charge in [0, 0.05) is 18.6 Å². The summed E-state index contributed by atoms with van der Waals surface area (Å²) in [5.41, 5.74) is 1.03. The molecule has 1 amide bonds. The van der Waals surface area contributed by atoms with Gasteiger partial charge in [0.05, 0.1) is 0 Å². The molecule has 128 valence electrons. The Kier molecular flexibility index (Phi) is 5.25. The molecule has 3 rings (SSSR count). The molecule has 0 aliphatic heterocycles. The molecule has 0 spiro atoms. The molecular weight excluding hydrogens is 334 g/mol. The van der Waals surface area contributed by atoms with Crippen LogP contribution in [0.15, 0.2) is 66.7 Å². The number of hydrogen-bond donors (Lipinski definition) is 0. The van der Waals surface area contributed by atoms with Crippen LogP contribution in [-0.2, 0) is 11.3 Å². The van der Waals surface area contributed by atoms with Crippen LogP contribution in [0.2, 0.25) is 5.02 Å². The summed E-state index contributed by atoms with van der Waals surface area (Å²) in [6.45, 7) is 2.29. The van der Waals surface area contributed by atoms with Crippen molar-refractivity contribution in [3.63, 3.8) is 0 Å². The zero-order chi connectivity index (χ0) is 17.8. The number of fused-ring (bicyclic) bond motifs is 1. The van der Waals surface area contributed by atoms with Crippen molar-refractivity contribution in [2.45, 2.75) is 19.6 Å². The fourth-order valence-electron chi connectivity index (χ4n) is 2.75. The van der Waals surface area contributed by atoms with Crippen LogP contribution in [0.1, 0.15) is 12.5 Å². The topological polar surface area (TPSA) is 29.5 Å². The minimum atomic E-state index is -0.557. The molecule has 3 nitrogen and oxygen atoms in total. The predicted octanol–water partition coefficient (Wildman–Crippen LogP) is 4.92. The molecule has 0 aliphatic carbocycles. The number of carbonyl (C=O) groups excluding carboxylic acids is 1. The second kappa shape index (κ2) is 7.58. The number of amides is 1. The number of hydrogen-bond acceptors (Lipinski definition) is 2. The van der Waals surface area contributed by atoms with Crippen molar-refractivity contribution in [2.24, 2.45) is 0 Å². The molecule has 0 bridgehead atoms. The number of benzene rings is 3. The van der Waals surface area contributed by atoms with E-state index in [2.05, 4.69) is 0 Å². The van der Waals surface area contributed by atoms with Crippen molar-refractivity contribution in [3.05, 3.63) is 77.3 Å². The molecule has 0 fully saturated rings. The Morgan fingerprint density at radius 2 is 1.72 bits per heavy atom. The van der Waals surface area contributed by atoms with E-state index in [0.29, 0.717) is 17.3 Å². The van der Waals surface area contributed by atoms with E-state index in [1.807, 2.05) is 66.7 Å². The van der Waals surface area contributed by atoms with E-state index in [0.717, 1.165) is 16.3 Å². The summed E-state index contributed by atoms with van der Waals surface area (Å²) in [6.07, 6.45) is -0.557. The Morgan fingerprint density at radius 3 is 2.44 bits per heavy atom. The highest BCUT2D eigenvalue weighted by atomic mass is 35.5. The molecule has 3 aromatic carbocycles. The van der Waals surface area contributed by atoms with E-state index in [1.165, 1.54) is 0 Å². The minimum Gasteiger partial charge on any atom is -0.481 e. The SMILES string of the molecule is C[C@H](Oc1ccc2ccccc2c1)C(=O)N(C)Cc1ccc(Cl)cc1. The van der Waals surface area contributed by atoms with Crippen LogP contribution in [0, 0.1) is 0 Å². The molecule has 4 heteroatoms. The van der Waals surface area contributed by atoms with E-state index in [-0.39, 0.29) is 5.91 Å². The second-order valence-corrected chi connectivity index (χ2v) is 6.53. The highest BCUT2D eigenvalue weighted by Gasteiger charge is 2.19. The van der Waals surface area contributed by atoms with E-state index in [1.54, 1.807) is 18.9 Å². The molecule has 0 N–H and O–H groups in total. The third kappa shape index (κ3) is 4.31. The van der Waals surface area contributed by atoms with Crippen LogP contribution in [0.4, 0.5) is 0 Å². The van der Waals surface area contributed by atoms with Gasteiger partial charge in [-0.2, -0.15) is 0 Å². The van der Waals surface area contributed by atoms with Crippen molar-refractivity contribution in [2.75, 3.05) is 7.05 Å². The van der Waals surface area contributed by atoms with E-state index < -0.39 is 6.10 Å². The lowest BCUT2D eigenvalue weighted by molar-refractivity contribution is -0.137. The minimum absolute atomic E-state index is 0.0666. The molecule has 0 aromatic heterocycles. The number of rotatable bonds is 5. The Labute approximate surface area is 152 Å². The van der Waals surface area contributed by atoms with Crippen molar-refractivity contribution in [1.29, 1.82) is 0 Å². The van der Waals surface area contributed by atoms with Gasteiger partial charge in [-0.1, -0.05) is 54.1 Å². The molecule has 0 saturated carbocycles. The lowest BCUT2D eigenvalue weighted by Gasteiger charge is -2.22. The summed E-state index contributed by atoms with van der Waals surface area (Å²) in [4.78, 5) is 14.2. The lowest BCUT2D eigenvalue weighted by Crippen LogP contribution is -2.37. The average molecular weight is 354 g/mol. The standard InChI is InChI=1S/C21H20ClNO2/c1-15(21(24)23(2)14-16-7-10-19(22)11-8-16)25-20-12-9-17-5-3-4-6-18(17)13-20/h3-13,15H,14H2,1-2H3/t15-/m0/s1. The number of likely N-dealkylation sites (N-methyl/N-ethyl adjacent to an activating group) is 1. The first kappa shape index (κ1) is 17.3. The van der Waals surface area contributed by atoms with Gasteiger partial charge in [-0.25, -0.2) is 0 Å². The number of ether oxygens (including phenoxy) is 1. The average Bonchev–Trinajstić information content (AvgIpc) is 2.62. The zero-order valence-corrected chi connectivity index (χ0v) is 15.0. The first-order chi connectivity index (χ1) is 12.0. The first-order valence-electron chi connectivity index (χ1n) is 8.18. The molecule has 0 radical (unpaired) electrons. The number of nitrogens with zero attached hydrogens (tertiary/aromatic N) is 1. The van der Waals surface area contributed by atoms with E-state index >= 15 is 0 Å². The van der Waals surface area contributed by atoms with Gasteiger partial charge in [0.2, 0.25) is 0 Å². The van der Waals surface area contributed by atoms with Gasteiger partial charge in [0.25, 0.3) is 5.91 Å². The summed E-state index contributed by atoms with van der Waals surface area (Å²) in [5, 5.41) is 2.92. The maximum absolute atomic E-state index is 12.6. The Balaban J connectivity index is 1.65. The van der Waals surface area contributed by atoms with Crippen LogP contribution in [0.5, 0.6) is 5.75 Å². The summed E-state index contributed by atoms with van der Waals surface area (Å²) in [6, 6.07) is 21.4. The van der Waals surface area contributed by atoms with Crippen molar-refractivity contribution >= 4 is 28.3 Å². The summed E-state index contributed by atoms with van der Waals surface area (Å²) in [5.74, 6) is 0.627. The summed E-state index contributed by atoms with van der Waals surface area (Å²) in [7, 11) is 1.77. The largest absolute Gasteiger partial charge is 0.481 e. The highest BCUT2D eigenvalue weighted by molar-refractivity contribution is 6.30. The Bertz CT molecular complexity index is 876. The maximum Gasteiger partial charge on any atom is 0.263 e. The van der Waals surface area contributed by atoms with Gasteiger partial charge < -0.3 is 9.64 Å². The number of carbonyl (C=O) groups is 1. The van der Waals surface area contributed by atoms with Crippen LogP contribution < -0.4 is 4.74 Å². The van der Waals surface area contributed by atoms with Gasteiger partial charge in [-0.15, -0.1) is 0 Å². The molecule has 0 aliphatic rings. The Hall–Kier alpha value is -2.52. The van der Waals surface area contributed by atoms with Crippen molar-refractivity contribution in [1.82, 2.24) is 4.90 Å². The van der Waals surface area contributed by atoms with Crippen LogP contribution in [0.25, 0.3) is 10.8 Å². The quantitative estimate of drug-likeness (QED) is 0.651. The van der Waals surface area contributed by atoms with Crippen LogP contribution in [-0.4, -0.2) is 24.0 Å². The Morgan fingerprint density at radius 1 is 1.04 bits per heavy atom. The molecule has 0 heterocycles. The number of halogens is 1. The van der Waals surface area contributed by atoms with Gasteiger partial charge in [0.1, 0.15) is 5.75 Å². The monoisotopic (exact) mass is 353 g/mol. The molecule has 0 unspecified atom stereocenters. The molecule has 0 saturated heterocycles. The van der Waals surface area contributed by atoms with Gasteiger partial charge in [-0.3, -0.25) is 4.79 Å². The van der Waals surface area contributed by atoms with E-state index in [4.69, 9.17) is 16.3 Å². The zero-order valence-electron chi connectivity index (χ0n) is 14.3. The fraction of sp³-hybridized carbons (Fsp3) is 0.190. The van der Waals surface area contributed by atoms with Crippen LogP contribution >= 0.6 is 11.6 Å². The predicted molar refractivity (Wildman–Crippen MR) is 102 cm³/mol. The molecule has 1 atom stereocenters. The van der Waals surface area contributed by atoms with Crippen molar-refractivity contribution in [3.8, 4) is 5.75 Å². The fourth-order valence-corrected chi connectivity index (χ4v) is 2.87. The highest BCUT2D eigenvalue weighted by Crippen LogP contribution is 2.22.